The lowest BCUT2D eigenvalue weighted by Gasteiger charge is -2.42. The van der Waals surface area contributed by atoms with Crippen molar-refractivity contribution in [2.75, 3.05) is 68.1 Å². The molecule has 0 aromatic heterocycles. The first kappa shape index (κ1) is 51.9. The molecule has 0 rings (SSSR count). The van der Waals surface area contributed by atoms with Crippen molar-refractivity contribution in [3.05, 3.63) is 0 Å². The number of hydrogen-bond acceptors (Lipinski definition) is 7. The predicted molar refractivity (Wildman–Crippen MR) is 156 cm³/mol. The van der Waals surface area contributed by atoms with Crippen molar-refractivity contribution < 1.29 is 89.6 Å². The van der Waals surface area contributed by atoms with E-state index in [2.05, 4.69) is 4.74 Å². The summed E-state index contributed by atoms with van der Waals surface area (Å²) in [5, 5.41) is 0. The van der Waals surface area contributed by atoms with E-state index in [0.29, 0.717) is 13.2 Å². The van der Waals surface area contributed by atoms with Crippen LogP contribution in [-0.4, -0.2) is 127 Å². The van der Waals surface area contributed by atoms with Crippen LogP contribution in [0.2, 0.25) is 38.3 Å². The summed E-state index contributed by atoms with van der Waals surface area (Å²) in [5.74, 6) is -36.9. The van der Waals surface area contributed by atoms with Crippen molar-refractivity contribution in [3.63, 3.8) is 0 Å². The number of methoxy groups -OCH3 is 4. The summed E-state index contributed by atoms with van der Waals surface area (Å²) in [6.07, 6.45) is -5.74. The third-order valence-corrected chi connectivity index (χ3v) is 12.9. The highest BCUT2D eigenvalue weighted by atomic mass is 35.5. The molecule has 0 aromatic carbocycles. The van der Waals surface area contributed by atoms with E-state index in [1.807, 2.05) is 0 Å². The smallest absolute Gasteiger partial charge is 0.455 e. The molecule has 1 atom stereocenters. The summed E-state index contributed by atoms with van der Waals surface area (Å²) >= 11 is 0. The van der Waals surface area contributed by atoms with Gasteiger partial charge in [0.15, 0.2) is 22.9 Å². The molecule has 0 fully saturated rings. The standard InChI is InChI=1S/C16H25F13O3Si2.C9H20O4.ClH/c1-30-6-7-31-8-9-34(5,32-33(2,3)4)10-11(17,18)12(19,20)13(21,22)14(23,24)15(25,26)16(27,28)29;1-10-7-8-13-6-4-5-9(11-2)12-3;/h6-10H2,1-5H3;9H,4-8H2,1-3H3;1H. The fourth-order valence-electron chi connectivity index (χ4n) is 3.76. The fraction of sp³-hybridized carbons (Fsp3) is 1.00. The molecule has 0 amide bonds. The van der Waals surface area contributed by atoms with Crippen LogP contribution in [0.4, 0.5) is 57.1 Å². The second-order valence-corrected chi connectivity index (χ2v) is 20.1. The van der Waals surface area contributed by atoms with Crippen LogP contribution in [0.15, 0.2) is 0 Å². The van der Waals surface area contributed by atoms with Crippen LogP contribution in [0.5, 0.6) is 0 Å². The Bertz CT molecular complexity index is 867. The van der Waals surface area contributed by atoms with Crippen molar-refractivity contribution >= 4 is 29.0 Å². The summed E-state index contributed by atoms with van der Waals surface area (Å²) in [4.78, 5) is 0. The number of halogens is 14. The second kappa shape index (κ2) is 21.2. The zero-order chi connectivity index (χ0) is 37.6. The summed E-state index contributed by atoms with van der Waals surface area (Å²) in [6, 6.07) is -2.82. The second-order valence-electron chi connectivity index (χ2n) is 11.3. The van der Waals surface area contributed by atoms with E-state index >= 15 is 0 Å². The van der Waals surface area contributed by atoms with E-state index < -0.39 is 71.1 Å². The van der Waals surface area contributed by atoms with Crippen molar-refractivity contribution in [2.24, 2.45) is 0 Å². The molecular weight excluding hydrogens is 751 g/mol. The minimum Gasteiger partial charge on any atom is -0.455 e. The van der Waals surface area contributed by atoms with Crippen LogP contribution >= 0.6 is 12.4 Å². The first-order valence-corrected chi connectivity index (χ1v) is 20.2. The Morgan fingerprint density at radius 1 is 0.542 bits per heavy atom. The molecule has 0 N–H and O–H groups in total. The maximum Gasteiger partial charge on any atom is 0.460 e. The minimum absolute atomic E-state index is 0. The van der Waals surface area contributed by atoms with Crippen molar-refractivity contribution in [2.45, 2.75) is 93.2 Å². The maximum absolute atomic E-state index is 14.4. The van der Waals surface area contributed by atoms with E-state index in [1.165, 1.54) is 26.8 Å². The molecule has 48 heavy (non-hydrogen) atoms. The lowest BCUT2D eigenvalue weighted by Crippen LogP contribution is -2.70. The molecule has 7 nitrogen and oxygen atoms in total. The largest absolute Gasteiger partial charge is 0.460 e. The van der Waals surface area contributed by atoms with Crippen LogP contribution in [-0.2, 0) is 32.5 Å². The SMILES string of the molecule is COCCOCCCC(OC)OC.COCCOCC[Si](C)(CC(F)(F)C(F)(F)C(F)(F)C(F)(F)C(F)(F)C(F)(F)F)O[Si](C)(C)C.Cl. The fourth-order valence-corrected chi connectivity index (χ4v) is 12.3. The van der Waals surface area contributed by atoms with Gasteiger partial charge < -0.3 is 32.5 Å². The highest BCUT2D eigenvalue weighted by Crippen LogP contribution is 2.61. The molecule has 294 valence electrons. The molecule has 0 radical (unpaired) electrons. The van der Waals surface area contributed by atoms with Crippen molar-refractivity contribution in [1.82, 2.24) is 0 Å². The van der Waals surface area contributed by atoms with Gasteiger partial charge in [0.2, 0.25) is 0 Å². The highest BCUT2D eigenvalue weighted by Gasteiger charge is 2.90. The normalized spacial score (nSPS) is 15.1. The lowest BCUT2D eigenvalue weighted by atomic mass is 9.94. The van der Waals surface area contributed by atoms with E-state index in [9.17, 15) is 57.1 Å². The molecule has 0 spiro atoms. The van der Waals surface area contributed by atoms with Gasteiger partial charge in [-0.15, -0.1) is 12.4 Å². The van der Waals surface area contributed by atoms with Crippen LogP contribution < -0.4 is 0 Å². The number of alkyl halides is 13. The Hall–Kier alpha value is -0.466. The maximum atomic E-state index is 14.4. The Labute approximate surface area is 280 Å². The van der Waals surface area contributed by atoms with Crippen LogP contribution in [0.1, 0.15) is 12.8 Å². The van der Waals surface area contributed by atoms with Crippen LogP contribution in [0.25, 0.3) is 0 Å². The molecule has 0 heterocycles. The van der Waals surface area contributed by atoms with Crippen molar-refractivity contribution in [3.8, 4) is 0 Å². The van der Waals surface area contributed by atoms with Gasteiger partial charge in [0.1, 0.15) is 0 Å². The summed E-state index contributed by atoms with van der Waals surface area (Å²) in [5.41, 5.74) is 0. The monoisotopic (exact) mass is 796 g/mol. The van der Waals surface area contributed by atoms with Gasteiger partial charge in [-0.05, 0) is 38.7 Å². The third kappa shape index (κ3) is 15.4. The Balaban J connectivity index is -0.00000121. The van der Waals surface area contributed by atoms with Crippen LogP contribution in [0, 0.1) is 0 Å². The molecular formula is C25H46ClF13O7Si2. The van der Waals surface area contributed by atoms with Crippen molar-refractivity contribution in [1.29, 1.82) is 0 Å². The van der Waals surface area contributed by atoms with Gasteiger partial charge in [-0.3, -0.25) is 0 Å². The molecule has 23 heteroatoms. The molecule has 1 unspecified atom stereocenters. The average Bonchev–Trinajstić information content (AvgIpc) is 2.90. The molecule has 0 aliphatic rings. The zero-order valence-electron chi connectivity index (χ0n) is 27.8. The molecule has 0 saturated heterocycles. The summed E-state index contributed by atoms with van der Waals surface area (Å²) < 4.78 is 209. The number of hydrogen-bond donors (Lipinski definition) is 0. The third-order valence-electron chi connectivity index (χ3n) is 6.04. The lowest BCUT2D eigenvalue weighted by molar-refractivity contribution is -0.438. The van der Waals surface area contributed by atoms with Gasteiger partial charge in [-0.25, -0.2) is 0 Å². The summed E-state index contributed by atoms with van der Waals surface area (Å²) in [6.45, 7) is 6.68. The first-order valence-electron chi connectivity index (χ1n) is 13.9. The Morgan fingerprint density at radius 2 is 0.958 bits per heavy atom. The van der Waals surface area contributed by atoms with Gasteiger partial charge in [-0.1, -0.05) is 0 Å². The molecule has 0 saturated carbocycles. The van der Waals surface area contributed by atoms with E-state index in [1.54, 1.807) is 21.3 Å². The van der Waals surface area contributed by atoms with Gasteiger partial charge >= 0.3 is 35.8 Å². The predicted octanol–water partition coefficient (Wildman–Crippen LogP) is 8.29. The number of ether oxygens (including phenoxy) is 6. The first-order chi connectivity index (χ1) is 21.1. The van der Waals surface area contributed by atoms with Crippen LogP contribution in [0.3, 0.4) is 0 Å². The zero-order valence-corrected chi connectivity index (χ0v) is 30.6. The van der Waals surface area contributed by atoms with E-state index in [0.717, 1.165) is 26.0 Å². The Kier molecular flexibility index (Phi) is 22.9. The quantitative estimate of drug-likeness (QED) is 0.0447. The molecule has 0 aromatic rings. The molecule has 0 aliphatic carbocycles. The summed E-state index contributed by atoms with van der Waals surface area (Å²) in [7, 11) is -0.869. The van der Waals surface area contributed by atoms with Gasteiger partial charge in [-0.2, -0.15) is 57.1 Å². The molecule has 0 bridgehead atoms. The van der Waals surface area contributed by atoms with E-state index in [4.69, 9.17) is 27.8 Å². The number of rotatable bonds is 23. The average molecular weight is 797 g/mol. The molecule has 0 aliphatic heterocycles. The highest BCUT2D eigenvalue weighted by molar-refractivity contribution is 6.85. The van der Waals surface area contributed by atoms with Gasteiger partial charge in [0.05, 0.1) is 26.4 Å². The van der Waals surface area contributed by atoms with Gasteiger partial charge in [0, 0.05) is 54.1 Å². The van der Waals surface area contributed by atoms with Gasteiger partial charge in [0.25, 0.3) is 0 Å². The van der Waals surface area contributed by atoms with E-state index in [-0.39, 0.29) is 31.9 Å². The Morgan fingerprint density at radius 3 is 1.33 bits per heavy atom. The minimum atomic E-state index is -7.91. The topological polar surface area (TPSA) is 64.6 Å².